The fourth-order valence-corrected chi connectivity index (χ4v) is 1.65. The number of ether oxygens (including phenoxy) is 1. The van der Waals surface area contributed by atoms with Crippen LogP contribution in [0.3, 0.4) is 0 Å². The molecule has 1 rings (SSSR count). The van der Waals surface area contributed by atoms with E-state index in [-0.39, 0.29) is 0 Å². The first-order chi connectivity index (χ1) is 7.80. The van der Waals surface area contributed by atoms with E-state index >= 15 is 0 Å². The van der Waals surface area contributed by atoms with Crippen LogP contribution in [0.4, 0.5) is 5.95 Å². The van der Waals surface area contributed by atoms with E-state index in [9.17, 15) is 0 Å². The van der Waals surface area contributed by atoms with Crippen molar-refractivity contribution in [2.24, 2.45) is 0 Å². The van der Waals surface area contributed by atoms with Crippen molar-refractivity contribution in [1.29, 1.82) is 0 Å². The molecule has 0 aliphatic rings. The van der Waals surface area contributed by atoms with Gasteiger partial charge in [-0.05, 0) is 12.8 Å². The SMILES string of the molecule is CCCOc1nc(NC)nc(SCCC)n1. The quantitative estimate of drug-likeness (QED) is 0.740. The second-order valence-electron chi connectivity index (χ2n) is 3.17. The molecule has 0 amide bonds. The number of thioether (sulfide) groups is 1. The minimum Gasteiger partial charge on any atom is -0.463 e. The van der Waals surface area contributed by atoms with Crippen LogP contribution in [0.15, 0.2) is 5.16 Å². The van der Waals surface area contributed by atoms with Crippen LogP contribution in [-0.4, -0.2) is 34.4 Å². The minimum absolute atomic E-state index is 0.403. The molecule has 1 heterocycles. The Balaban J connectivity index is 2.74. The monoisotopic (exact) mass is 242 g/mol. The van der Waals surface area contributed by atoms with Crippen LogP contribution in [0.1, 0.15) is 26.7 Å². The molecule has 0 aliphatic carbocycles. The highest BCUT2D eigenvalue weighted by Crippen LogP contribution is 2.17. The predicted molar refractivity (Wildman–Crippen MR) is 66.2 cm³/mol. The zero-order valence-electron chi connectivity index (χ0n) is 9.99. The number of nitrogens with one attached hydrogen (secondary N) is 1. The van der Waals surface area contributed by atoms with Gasteiger partial charge in [-0.15, -0.1) is 0 Å². The number of hydrogen-bond donors (Lipinski definition) is 1. The number of nitrogens with zero attached hydrogens (tertiary/aromatic N) is 3. The van der Waals surface area contributed by atoms with Gasteiger partial charge < -0.3 is 10.1 Å². The molecular formula is C10H18N4OS. The fourth-order valence-electron chi connectivity index (χ4n) is 0.966. The van der Waals surface area contributed by atoms with Crippen molar-refractivity contribution in [3.63, 3.8) is 0 Å². The third kappa shape index (κ3) is 4.22. The van der Waals surface area contributed by atoms with Crippen LogP contribution in [0.2, 0.25) is 0 Å². The van der Waals surface area contributed by atoms with E-state index < -0.39 is 0 Å². The number of anilines is 1. The highest BCUT2D eigenvalue weighted by atomic mass is 32.2. The van der Waals surface area contributed by atoms with E-state index in [0.29, 0.717) is 23.7 Å². The maximum atomic E-state index is 5.40. The first-order valence-electron chi connectivity index (χ1n) is 5.49. The molecule has 0 radical (unpaired) electrons. The average Bonchev–Trinajstić information content (AvgIpc) is 2.33. The van der Waals surface area contributed by atoms with Crippen molar-refractivity contribution >= 4 is 17.7 Å². The van der Waals surface area contributed by atoms with E-state index in [4.69, 9.17) is 4.74 Å². The summed E-state index contributed by atoms with van der Waals surface area (Å²) in [5.41, 5.74) is 0. The van der Waals surface area contributed by atoms with Gasteiger partial charge in [0.15, 0.2) is 5.16 Å². The van der Waals surface area contributed by atoms with Gasteiger partial charge in [-0.1, -0.05) is 25.6 Å². The second-order valence-corrected chi connectivity index (χ2v) is 4.23. The lowest BCUT2D eigenvalue weighted by Gasteiger charge is -2.06. The second kappa shape index (κ2) is 7.27. The Bertz CT molecular complexity index is 295. The Morgan fingerprint density at radius 1 is 1.19 bits per heavy atom. The zero-order valence-corrected chi connectivity index (χ0v) is 10.8. The van der Waals surface area contributed by atoms with Crippen LogP contribution >= 0.6 is 11.8 Å². The number of rotatable bonds is 7. The molecule has 1 N–H and O–H groups in total. The number of aromatic nitrogens is 3. The Morgan fingerprint density at radius 3 is 2.62 bits per heavy atom. The molecule has 1 aromatic rings. The van der Waals surface area contributed by atoms with Crippen molar-refractivity contribution in [3.8, 4) is 6.01 Å². The normalized spacial score (nSPS) is 10.2. The van der Waals surface area contributed by atoms with Crippen molar-refractivity contribution in [3.05, 3.63) is 0 Å². The van der Waals surface area contributed by atoms with E-state index in [1.165, 1.54) is 0 Å². The topological polar surface area (TPSA) is 59.9 Å². The van der Waals surface area contributed by atoms with Crippen molar-refractivity contribution in [1.82, 2.24) is 15.0 Å². The first-order valence-corrected chi connectivity index (χ1v) is 6.48. The van der Waals surface area contributed by atoms with E-state index in [0.717, 1.165) is 18.6 Å². The molecule has 90 valence electrons. The van der Waals surface area contributed by atoms with E-state index in [2.05, 4.69) is 27.2 Å². The summed E-state index contributed by atoms with van der Waals surface area (Å²) in [6.07, 6.45) is 2.04. The van der Waals surface area contributed by atoms with Crippen LogP contribution < -0.4 is 10.1 Å². The van der Waals surface area contributed by atoms with Gasteiger partial charge >= 0.3 is 6.01 Å². The molecule has 0 bridgehead atoms. The van der Waals surface area contributed by atoms with Crippen molar-refractivity contribution in [2.45, 2.75) is 31.8 Å². The van der Waals surface area contributed by atoms with Gasteiger partial charge in [-0.3, -0.25) is 0 Å². The van der Waals surface area contributed by atoms with Gasteiger partial charge in [0.25, 0.3) is 0 Å². The number of hydrogen-bond acceptors (Lipinski definition) is 6. The molecule has 16 heavy (non-hydrogen) atoms. The molecule has 0 fully saturated rings. The predicted octanol–water partition coefficient (Wildman–Crippen LogP) is 2.20. The molecule has 0 saturated heterocycles. The Kier molecular flexibility index (Phi) is 5.92. The van der Waals surface area contributed by atoms with Crippen molar-refractivity contribution in [2.75, 3.05) is 24.7 Å². The minimum atomic E-state index is 0.403. The zero-order chi connectivity index (χ0) is 11.8. The largest absolute Gasteiger partial charge is 0.463 e. The lowest BCUT2D eigenvalue weighted by molar-refractivity contribution is 0.288. The van der Waals surface area contributed by atoms with Crippen LogP contribution in [0, 0.1) is 0 Å². The molecule has 0 unspecified atom stereocenters. The molecule has 1 aromatic heterocycles. The summed E-state index contributed by atoms with van der Waals surface area (Å²) in [6, 6.07) is 0.403. The summed E-state index contributed by atoms with van der Waals surface area (Å²) >= 11 is 1.62. The van der Waals surface area contributed by atoms with Gasteiger partial charge in [0.2, 0.25) is 5.95 Å². The summed E-state index contributed by atoms with van der Waals surface area (Å²) in [5, 5.41) is 3.62. The summed E-state index contributed by atoms with van der Waals surface area (Å²) in [5.74, 6) is 1.56. The molecule has 0 spiro atoms. The standard InChI is InChI=1S/C10H18N4OS/c1-4-6-15-9-12-8(11-3)13-10(14-9)16-7-5-2/h4-7H2,1-3H3,(H,11,12,13,14). The molecule has 5 nitrogen and oxygen atoms in total. The Hall–Kier alpha value is -1.04. The first kappa shape index (κ1) is 13.0. The van der Waals surface area contributed by atoms with E-state index in [1.54, 1.807) is 18.8 Å². The molecule has 6 heteroatoms. The summed E-state index contributed by atoms with van der Waals surface area (Å²) < 4.78 is 5.40. The van der Waals surface area contributed by atoms with E-state index in [1.807, 2.05) is 6.92 Å². The summed E-state index contributed by atoms with van der Waals surface area (Å²) in [4.78, 5) is 12.6. The summed E-state index contributed by atoms with van der Waals surface area (Å²) in [7, 11) is 1.78. The van der Waals surface area contributed by atoms with Crippen LogP contribution in [0.25, 0.3) is 0 Å². The fraction of sp³-hybridized carbons (Fsp3) is 0.700. The van der Waals surface area contributed by atoms with Gasteiger partial charge in [0.1, 0.15) is 0 Å². The highest BCUT2D eigenvalue weighted by molar-refractivity contribution is 7.99. The molecule has 0 atom stereocenters. The lowest BCUT2D eigenvalue weighted by atomic mass is 10.5. The van der Waals surface area contributed by atoms with Crippen LogP contribution in [0.5, 0.6) is 6.01 Å². The Labute approximate surface area is 100 Å². The lowest BCUT2D eigenvalue weighted by Crippen LogP contribution is -2.05. The van der Waals surface area contributed by atoms with Gasteiger partial charge in [0, 0.05) is 12.8 Å². The van der Waals surface area contributed by atoms with Gasteiger partial charge in [-0.2, -0.15) is 15.0 Å². The van der Waals surface area contributed by atoms with Gasteiger partial charge in [0.05, 0.1) is 6.61 Å². The highest BCUT2D eigenvalue weighted by Gasteiger charge is 2.06. The third-order valence-electron chi connectivity index (χ3n) is 1.69. The average molecular weight is 242 g/mol. The molecular weight excluding hydrogens is 224 g/mol. The maximum absolute atomic E-state index is 5.40. The van der Waals surface area contributed by atoms with Crippen molar-refractivity contribution < 1.29 is 4.74 Å². The Morgan fingerprint density at radius 2 is 2.00 bits per heavy atom. The summed E-state index contributed by atoms with van der Waals surface area (Å²) in [6.45, 7) is 4.81. The van der Waals surface area contributed by atoms with Crippen LogP contribution in [-0.2, 0) is 0 Å². The molecule has 0 aliphatic heterocycles. The maximum Gasteiger partial charge on any atom is 0.322 e. The third-order valence-corrected chi connectivity index (χ3v) is 2.74. The molecule has 0 saturated carbocycles. The smallest absolute Gasteiger partial charge is 0.322 e. The van der Waals surface area contributed by atoms with Gasteiger partial charge in [-0.25, -0.2) is 0 Å². The molecule has 0 aromatic carbocycles.